The highest BCUT2D eigenvalue weighted by Crippen LogP contribution is 2.26. The third-order valence-corrected chi connectivity index (χ3v) is 1.99. The lowest BCUT2D eigenvalue weighted by Gasteiger charge is -2.11. The fraction of sp³-hybridized carbons (Fsp3) is 0.300. The summed E-state index contributed by atoms with van der Waals surface area (Å²) in [5, 5.41) is 0. The molecule has 88 valence electrons. The van der Waals surface area contributed by atoms with Gasteiger partial charge in [0.1, 0.15) is 0 Å². The van der Waals surface area contributed by atoms with E-state index in [4.69, 9.17) is 5.73 Å². The van der Waals surface area contributed by atoms with E-state index in [1.165, 1.54) is 18.2 Å². The molecule has 1 aromatic rings. The van der Waals surface area contributed by atoms with Crippen LogP contribution in [0.15, 0.2) is 18.2 Å². The summed E-state index contributed by atoms with van der Waals surface area (Å²) in [4.78, 5) is 11.2. The van der Waals surface area contributed by atoms with Gasteiger partial charge in [-0.15, -0.1) is 0 Å². The highest BCUT2D eigenvalue weighted by atomic mass is 19.4. The summed E-state index contributed by atoms with van der Waals surface area (Å²) in [6.45, 7) is 0. The predicted molar refractivity (Wildman–Crippen MR) is 52.0 cm³/mol. The molecule has 0 aliphatic carbocycles. The third kappa shape index (κ3) is 2.88. The van der Waals surface area contributed by atoms with Gasteiger partial charge in [-0.1, -0.05) is 12.1 Å². The standard InChI is InChI=1S/C10H10F3NO2/c1-16-9(15)7-4-2-3-6(8(7)14)5-10(11,12)13/h2-4H,5,14H2,1H3. The normalized spacial score (nSPS) is 11.2. The van der Waals surface area contributed by atoms with Crippen molar-refractivity contribution in [3.05, 3.63) is 29.3 Å². The van der Waals surface area contributed by atoms with Crippen LogP contribution in [0.1, 0.15) is 15.9 Å². The Bertz CT molecular complexity index is 402. The van der Waals surface area contributed by atoms with Gasteiger partial charge in [-0.2, -0.15) is 13.2 Å². The number of hydrogen-bond donors (Lipinski definition) is 1. The third-order valence-electron chi connectivity index (χ3n) is 1.99. The number of ether oxygens (including phenoxy) is 1. The summed E-state index contributed by atoms with van der Waals surface area (Å²) < 4.78 is 40.9. The van der Waals surface area contributed by atoms with Crippen LogP contribution in [0.3, 0.4) is 0 Å². The number of benzene rings is 1. The Morgan fingerprint density at radius 1 is 1.44 bits per heavy atom. The Morgan fingerprint density at radius 3 is 2.56 bits per heavy atom. The zero-order valence-electron chi connectivity index (χ0n) is 8.47. The lowest BCUT2D eigenvalue weighted by atomic mass is 10.0. The van der Waals surface area contributed by atoms with Gasteiger partial charge in [-0.3, -0.25) is 0 Å². The number of methoxy groups -OCH3 is 1. The number of anilines is 1. The van der Waals surface area contributed by atoms with Crippen molar-refractivity contribution in [1.82, 2.24) is 0 Å². The molecule has 0 aromatic heterocycles. The summed E-state index contributed by atoms with van der Waals surface area (Å²) in [6.07, 6.45) is -5.52. The number of carbonyl (C=O) groups is 1. The zero-order chi connectivity index (χ0) is 12.3. The Balaban J connectivity index is 3.09. The molecule has 0 aliphatic rings. The molecule has 1 aromatic carbocycles. The molecule has 0 aliphatic heterocycles. The lowest BCUT2D eigenvalue weighted by molar-refractivity contribution is -0.127. The van der Waals surface area contributed by atoms with Crippen LogP contribution in [0.4, 0.5) is 18.9 Å². The number of halogens is 3. The molecule has 0 unspecified atom stereocenters. The topological polar surface area (TPSA) is 52.3 Å². The molecule has 0 fully saturated rings. The zero-order valence-corrected chi connectivity index (χ0v) is 8.47. The number of esters is 1. The number of hydrogen-bond acceptors (Lipinski definition) is 3. The van der Waals surface area contributed by atoms with Crippen molar-refractivity contribution in [2.45, 2.75) is 12.6 Å². The molecule has 1 rings (SSSR count). The van der Waals surface area contributed by atoms with Crippen LogP contribution in [0.25, 0.3) is 0 Å². The Hall–Kier alpha value is -1.72. The van der Waals surface area contributed by atoms with E-state index in [0.717, 1.165) is 7.11 Å². The Kier molecular flexibility index (Phi) is 3.41. The highest BCUT2D eigenvalue weighted by Gasteiger charge is 2.29. The molecule has 0 saturated carbocycles. The summed E-state index contributed by atoms with van der Waals surface area (Å²) >= 11 is 0. The van der Waals surface area contributed by atoms with Crippen LogP contribution in [-0.4, -0.2) is 19.3 Å². The average molecular weight is 233 g/mol. The second-order valence-electron chi connectivity index (χ2n) is 3.16. The smallest absolute Gasteiger partial charge is 0.393 e. The summed E-state index contributed by atoms with van der Waals surface area (Å²) in [6, 6.07) is 3.89. The second-order valence-corrected chi connectivity index (χ2v) is 3.16. The van der Waals surface area contributed by atoms with E-state index in [-0.39, 0.29) is 16.8 Å². The largest absolute Gasteiger partial charge is 0.465 e. The first-order valence-electron chi connectivity index (χ1n) is 4.37. The average Bonchev–Trinajstić information content (AvgIpc) is 2.18. The number of rotatable bonds is 2. The van der Waals surface area contributed by atoms with E-state index in [1.54, 1.807) is 0 Å². The molecule has 0 amide bonds. The summed E-state index contributed by atoms with van der Waals surface area (Å²) in [5.74, 6) is -0.749. The lowest BCUT2D eigenvalue weighted by Crippen LogP contribution is -2.15. The van der Waals surface area contributed by atoms with Gasteiger partial charge in [-0.05, 0) is 11.6 Å². The first-order chi connectivity index (χ1) is 7.35. The minimum atomic E-state index is -4.36. The SMILES string of the molecule is COC(=O)c1cccc(CC(F)(F)F)c1N. The first kappa shape index (κ1) is 12.4. The van der Waals surface area contributed by atoms with Crippen molar-refractivity contribution in [3.8, 4) is 0 Å². The van der Waals surface area contributed by atoms with E-state index in [1.807, 2.05) is 0 Å². The van der Waals surface area contributed by atoms with Gasteiger partial charge in [0.05, 0.1) is 19.1 Å². The van der Waals surface area contributed by atoms with Crippen molar-refractivity contribution in [3.63, 3.8) is 0 Å². The molecule has 0 atom stereocenters. The van der Waals surface area contributed by atoms with Crippen molar-refractivity contribution in [1.29, 1.82) is 0 Å². The summed E-state index contributed by atoms with van der Waals surface area (Å²) in [7, 11) is 1.14. The molecule has 0 spiro atoms. The summed E-state index contributed by atoms with van der Waals surface area (Å²) in [5.41, 5.74) is 5.10. The molecule has 0 radical (unpaired) electrons. The maximum absolute atomic E-state index is 12.2. The molecule has 0 heterocycles. The molecule has 0 saturated heterocycles. The van der Waals surface area contributed by atoms with Gasteiger partial charge in [-0.25, -0.2) is 4.79 Å². The van der Waals surface area contributed by atoms with Crippen molar-refractivity contribution >= 4 is 11.7 Å². The predicted octanol–water partition coefficient (Wildman–Crippen LogP) is 2.16. The number of nitrogens with two attached hydrogens (primary N) is 1. The van der Waals surface area contributed by atoms with Gasteiger partial charge >= 0.3 is 12.1 Å². The van der Waals surface area contributed by atoms with Crippen LogP contribution < -0.4 is 5.73 Å². The Morgan fingerprint density at radius 2 is 2.06 bits per heavy atom. The van der Waals surface area contributed by atoms with Gasteiger partial charge in [0, 0.05) is 5.69 Å². The Labute approximate surface area is 90.0 Å². The molecule has 16 heavy (non-hydrogen) atoms. The number of nitrogen functional groups attached to an aromatic ring is 1. The maximum Gasteiger partial charge on any atom is 0.393 e. The number of alkyl halides is 3. The molecule has 2 N–H and O–H groups in total. The molecule has 6 heteroatoms. The van der Waals surface area contributed by atoms with Gasteiger partial charge < -0.3 is 10.5 Å². The van der Waals surface area contributed by atoms with Gasteiger partial charge in [0.25, 0.3) is 0 Å². The second kappa shape index (κ2) is 4.42. The van der Waals surface area contributed by atoms with E-state index >= 15 is 0 Å². The van der Waals surface area contributed by atoms with Crippen LogP contribution >= 0.6 is 0 Å². The van der Waals surface area contributed by atoms with Crippen LogP contribution in [0.5, 0.6) is 0 Å². The quantitative estimate of drug-likeness (QED) is 0.629. The highest BCUT2D eigenvalue weighted by molar-refractivity contribution is 5.95. The molecule has 0 bridgehead atoms. The minimum absolute atomic E-state index is 0.0516. The van der Waals surface area contributed by atoms with Crippen LogP contribution in [-0.2, 0) is 11.2 Å². The molecular formula is C10H10F3NO2. The molecule has 3 nitrogen and oxygen atoms in total. The fourth-order valence-electron chi connectivity index (χ4n) is 1.27. The minimum Gasteiger partial charge on any atom is -0.465 e. The van der Waals surface area contributed by atoms with Crippen LogP contribution in [0, 0.1) is 0 Å². The van der Waals surface area contributed by atoms with Crippen molar-refractivity contribution in [2.75, 3.05) is 12.8 Å². The van der Waals surface area contributed by atoms with E-state index < -0.39 is 18.6 Å². The maximum atomic E-state index is 12.2. The first-order valence-corrected chi connectivity index (χ1v) is 4.37. The van der Waals surface area contributed by atoms with Crippen LogP contribution in [0.2, 0.25) is 0 Å². The fourth-order valence-corrected chi connectivity index (χ4v) is 1.27. The number of carbonyl (C=O) groups excluding carboxylic acids is 1. The molecular weight excluding hydrogens is 223 g/mol. The number of para-hydroxylation sites is 1. The van der Waals surface area contributed by atoms with Gasteiger partial charge in [0.15, 0.2) is 0 Å². The van der Waals surface area contributed by atoms with E-state index in [9.17, 15) is 18.0 Å². The van der Waals surface area contributed by atoms with Crippen molar-refractivity contribution < 1.29 is 22.7 Å². The van der Waals surface area contributed by atoms with E-state index in [0.29, 0.717) is 0 Å². The van der Waals surface area contributed by atoms with E-state index in [2.05, 4.69) is 4.74 Å². The monoisotopic (exact) mass is 233 g/mol. The van der Waals surface area contributed by atoms with Gasteiger partial charge in [0.2, 0.25) is 0 Å². The van der Waals surface area contributed by atoms with Crippen molar-refractivity contribution in [2.24, 2.45) is 0 Å².